The van der Waals surface area contributed by atoms with Crippen molar-refractivity contribution in [2.24, 2.45) is 0 Å². The Bertz CT molecular complexity index is 752. The molecule has 2 fully saturated rings. The van der Waals surface area contributed by atoms with E-state index >= 15 is 0 Å². The first kappa shape index (κ1) is 19.6. The molecule has 0 radical (unpaired) electrons. The van der Waals surface area contributed by atoms with E-state index in [9.17, 15) is 4.79 Å². The highest BCUT2D eigenvalue weighted by atomic mass is 35.5. The van der Waals surface area contributed by atoms with E-state index in [0.717, 1.165) is 50.4 Å². The van der Waals surface area contributed by atoms with Gasteiger partial charge < -0.3 is 15.5 Å². The highest BCUT2D eigenvalue weighted by Crippen LogP contribution is 2.19. The highest BCUT2D eigenvalue weighted by molar-refractivity contribution is 5.92. The van der Waals surface area contributed by atoms with Crippen LogP contribution in [0.15, 0.2) is 30.6 Å². The Labute approximate surface area is 165 Å². The number of hydrogen-bond donors (Lipinski definition) is 2. The summed E-state index contributed by atoms with van der Waals surface area (Å²) in [7, 11) is 0. The van der Waals surface area contributed by atoms with Crippen molar-refractivity contribution in [1.82, 2.24) is 25.4 Å². The fourth-order valence-electron chi connectivity index (χ4n) is 3.68. The summed E-state index contributed by atoms with van der Waals surface area (Å²) < 4.78 is 1.92. The van der Waals surface area contributed by atoms with Crippen molar-refractivity contribution in [3.63, 3.8) is 0 Å². The fraction of sp³-hybridized carbons (Fsp3) is 0.526. The second kappa shape index (κ2) is 9.19. The van der Waals surface area contributed by atoms with E-state index in [4.69, 9.17) is 0 Å². The number of hydrogen-bond acceptors (Lipinski definition) is 5. The molecule has 8 heteroatoms. The van der Waals surface area contributed by atoms with E-state index in [1.807, 2.05) is 23.1 Å². The predicted molar refractivity (Wildman–Crippen MR) is 107 cm³/mol. The number of halogens is 1. The molecule has 27 heavy (non-hydrogen) atoms. The number of rotatable bonds is 5. The molecule has 4 rings (SSSR count). The minimum atomic E-state index is -0.132. The van der Waals surface area contributed by atoms with Gasteiger partial charge in [-0.2, -0.15) is 5.10 Å². The summed E-state index contributed by atoms with van der Waals surface area (Å²) in [5.74, 6) is 0.871. The summed E-state index contributed by atoms with van der Waals surface area (Å²) in [5.41, 5.74) is 1.54. The number of carbonyl (C=O) groups excluding carboxylic acids is 1. The zero-order chi connectivity index (χ0) is 17.8. The first-order valence-corrected chi connectivity index (χ1v) is 9.53. The minimum Gasteiger partial charge on any atom is -0.357 e. The molecule has 0 bridgehead atoms. The van der Waals surface area contributed by atoms with E-state index in [1.165, 1.54) is 12.8 Å². The fourth-order valence-corrected chi connectivity index (χ4v) is 3.68. The number of piperidine rings is 1. The quantitative estimate of drug-likeness (QED) is 0.818. The largest absolute Gasteiger partial charge is 0.357 e. The van der Waals surface area contributed by atoms with Crippen molar-refractivity contribution < 1.29 is 4.79 Å². The first-order valence-electron chi connectivity index (χ1n) is 9.53. The molecule has 1 amide bonds. The van der Waals surface area contributed by atoms with Crippen molar-refractivity contribution in [3.8, 4) is 0 Å². The van der Waals surface area contributed by atoms with Gasteiger partial charge in [-0.05, 0) is 56.0 Å². The predicted octanol–water partition coefficient (Wildman–Crippen LogP) is 2.15. The van der Waals surface area contributed by atoms with Gasteiger partial charge in [0.15, 0.2) is 0 Å². The lowest BCUT2D eigenvalue weighted by Gasteiger charge is -2.22. The summed E-state index contributed by atoms with van der Waals surface area (Å²) >= 11 is 0. The molecule has 2 aromatic rings. The van der Waals surface area contributed by atoms with Crippen LogP contribution in [0.25, 0.3) is 0 Å². The topological polar surface area (TPSA) is 75.1 Å². The number of carbonyl (C=O) groups is 1. The number of anilines is 1. The molecule has 0 spiro atoms. The van der Waals surface area contributed by atoms with Gasteiger partial charge in [0.1, 0.15) is 11.5 Å². The summed E-state index contributed by atoms with van der Waals surface area (Å²) in [6.07, 6.45) is 8.42. The van der Waals surface area contributed by atoms with Crippen LogP contribution in [0.1, 0.15) is 47.8 Å². The van der Waals surface area contributed by atoms with Gasteiger partial charge in [-0.1, -0.05) is 0 Å². The van der Waals surface area contributed by atoms with E-state index in [0.29, 0.717) is 18.3 Å². The molecule has 0 aromatic carbocycles. The van der Waals surface area contributed by atoms with Crippen LogP contribution >= 0.6 is 12.4 Å². The van der Waals surface area contributed by atoms with Gasteiger partial charge >= 0.3 is 0 Å². The lowest BCUT2D eigenvalue weighted by molar-refractivity contribution is 0.0944. The molecular weight excluding hydrogens is 364 g/mol. The standard InChI is InChI=1S/C19H26N6O.ClH/c26-19(17-6-11-25(23-17)16-4-3-7-20-14-16)22-13-15-5-8-21-18(12-15)24-9-1-2-10-24;/h5-6,8,11-12,16,20H,1-4,7,9-10,13-14H2,(H,22,26);1H. The maximum absolute atomic E-state index is 12.4. The van der Waals surface area contributed by atoms with Gasteiger partial charge in [-0.15, -0.1) is 12.4 Å². The molecule has 4 heterocycles. The second-order valence-electron chi connectivity index (χ2n) is 7.08. The summed E-state index contributed by atoms with van der Waals surface area (Å²) in [5, 5.41) is 10.8. The SMILES string of the molecule is Cl.O=C(NCc1ccnc(N2CCCC2)c1)c1ccn(C2CCCNC2)n1. The summed E-state index contributed by atoms with van der Waals surface area (Å²) in [6, 6.07) is 6.16. The smallest absolute Gasteiger partial charge is 0.272 e. The lowest BCUT2D eigenvalue weighted by atomic mass is 10.1. The molecule has 2 aliphatic heterocycles. The van der Waals surface area contributed by atoms with E-state index in [2.05, 4.69) is 31.7 Å². The number of pyridine rings is 1. The van der Waals surface area contributed by atoms with Gasteiger partial charge in [0.2, 0.25) is 0 Å². The molecule has 0 saturated carbocycles. The molecule has 2 aliphatic rings. The molecule has 0 aliphatic carbocycles. The molecule has 7 nitrogen and oxygen atoms in total. The average molecular weight is 391 g/mol. The Hall–Kier alpha value is -2.12. The monoisotopic (exact) mass is 390 g/mol. The Kier molecular flexibility index (Phi) is 6.68. The Balaban J connectivity index is 0.00000210. The van der Waals surface area contributed by atoms with Crippen LogP contribution in [0, 0.1) is 0 Å². The van der Waals surface area contributed by atoms with Crippen LogP contribution in [0.2, 0.25) is 0 Å². The third kappa shape index (κ3) is 4.78. The normalized spacial score (nSPS) is 19.6. The van der Waals surface area contributed by atoms with Crippen LogP contribution in [-0.4, -0.2) is 46.9 Å². The second-order valence-corrected chi connectivity index (χ2v) is 7.08. The van der Waals surface area contributed by atoms with E-state index < -0.39 is 0 Å². The first-order chi connectivity index (χ1) is 12.8. The Morgan fingerprint density at radius 3 is 2.89 bits per heavy atom. The van der Waals surface area contributed by atoms with Gasteiger partial charge in [0, 0.05) is 38.6 Å². The highest BCUT2D eigenvalue weighted by Gasteiger charge is 2.18. The molecule has 2 aromatic heterocycles. The number of amides is 1. The van der Waals surface area contributed by atoms with Crippen LogP contribution in [0.5, 0.6) is 0 Å². The van der Waals surface area contributed by atoms with Crippen LogP contribution in [0.3, 0.4) is 0 Å². The van der Waals surface area contributed by atoms with Gasteiger partial charge in [-0.3, -0.25) is 9.48 Å². The average Bonchev–Trinajstić information content (AvgIpc) is 3.39. The molecule has 1 atom stereocenters. The molecule has 2 N–H and O–H groups in total. The van der Waals surface area contributed by atoms with Crippen LogP contribution < -0.4 is 15.5 Å². The molecule has 2 saturated heterocycles. The van der Waals surface area contributed by atoms with Gasteiger partial charge in [-0.25, -0.2) is 4.98 Å². The van der Waals surface area contributed by atoms with Gasteiger partial charge in [0.25, 0.3) is 5.91 Å². The zero-order valence-corrected chi connectivity index (χ0v) is 16.2. The summed E-state index contributed by atoms with van der Waals surface area (Å²) in [6.45, 7) is 4.60. The molecule has 146 valence electrons. The van der Waals surface area contributed by atoms with E-state index in [1.54, 1.807) is 6.07 Å². The van der Waals surface area contributed by atoms with E-state index in [-0.39, 0.29) is 18.3 Å². The Morgan fingerprint density at radius 2 is 2.11 bits per heavy atom. The maximum atomic E-state index is 12.4. The minimum absolute atomic E-state index is 0. The zero-order valence-electron chi connectivity index (χ0n) is 15.4. The third-order valence-electron chi connectivity index (χ3n) is 5.18. The number of aromatic nitrogens is 3. The van der Waals surface area contributed by atoms with Crippen molar-refractivity contribution >= 4 is 24.1 Å². The number of nitrogens with one attached hydrogen (secondary N) is 2. The van der Waals surface area contributed by atoms with Crippen LogP contribution in [0.4, 0.5) is 5.82 Å². The van der Waals surface area contributed by atoms with Crippen molar-refractivity contribution in [1.29, 1.82) is 0 Å². The lowest BCUT2D eigenvalue weighted by Crippen LogP contribution is -2.32. The molecular formula is C19H27ClN6O. The van der Waals surface area contributed by atoms with Crippen molar-refractivity contribution in [2.75, 3.05) is 31.1 Å². The van der Waals surface area contributed by atoms with Crippen molar-refractivity contribution in [3.05, 3.63) is 41.9 Å². The number of nitrogens with zero attached hydrogens (tertiary/aromatic N) is 4. The maximum Gasteiger partial charge on any atom is 0.272 e. The molecule has 1 unspecified atom stereocenters. The van der Waals surface area contributed by atoms with Crippen LogP contribution in [-0.2, 0) is 6.54 Å². The Morgan fingerprint density at radius 1 is 1.26 bits per heavy atom. The van der Waals surface area contributed by atoms with Gasteiger partial charge in [0.05, 0.1) is 6.04 Å². The third-order valence-corrected chi connectivity index (χ3v) is 5.18. The van der Waals surface area contributed by atoms with Crippen molar-refractivity contribution in [2.45, 2.75) is 38.3 Å². The summed E-state index contributed by atoms with van der Waals surface area (Å²) in [4.78, 5) is 19.2.